The second-order valence-corrected chi connectivity index (χ2v) is 9.55. The number of esters is 1. The molecule has 162 valence electrons. The molecule has 0 amide bonds. The van der Waals surface area contributed by atoms with E-state index in [1.54, 1.807) is 5.38 Å². The number of ether oxygens (including phenoxy) is 2. The lowest BCUT2D eigenvalue weighted by molar-refractivity contribution is 0.0468. The Labute approximate surface area is 184 Å². The molecular weight excluding hydrogens is 438 g/mol. The Morgan fingerprint density at radius 3 is 2.68 bits per heavy atom. The summed E-state index contributed by atoms with van der Waals surface area (Å²) in [4.78, 5) is 16.9. The highest BCUT2D eigenvalue weighted by atomic mass is 32.2. The summed E-state index contributed by atoms with van der Waals surface area (Å²) in [5.41, 5.74) is 1.69. The number of anilines is 2. The van der Waals surface area contributed by atoms with Gasteiger partial charge in [0.2, 0.25) is 10.0 Å². The molecule has 0 spiro atoms. The number of aromatic nitrogens is 1. The monoisotopic (exact) mass is 459 g/mol. The molecule has 0 unspecified atom stereocenters. The number of rotatable bonds is 7. The highest BCUT2D eigenvalue weighted by Gasteiger charge is 2.27. The number of hydrogen-bond donors (Lipinski definition) is 1. The van der Waals surface area contributed by atoms with E-state index in [4.69, 9.17) is 9.47 Å². The number of nitrogens with zero attached hydrogens (tertiary/aromatic N) is 2. The van der Waals surface area contributed by atoms with Crippen molar-refractivity contribution in [1.82, 2.24) is 9.29 Å². The molecule has 2 heterocycles. The fourth-order valence-corrected chi connectivity index (χ4v) is 5.19. The SMILES string of the molecule is O=C(OCc1csc(Nc2ccccc2)n1)c1cccc(S(=O)(=O)N2CCOCC2)c1. The smallest absolute Gasteiger partial charge is 0.338 e. The van der Waals surface area contributed by atoms with Gasteiger partial charge in [0.1, 0.15) is 6.61 Å². The first-order valence-electron chi connectivity index (χ1n) is 9.64. The van der Waals surface area contributed by atoms with Crippen LogP contribution < -0.4 is 5.32 Å². The van der Waals surface area contributed by atoms with Crippen molar-refractivity contribution >= 4 is 38.1 Å². The Hall–Kier alpha value is -2.79. The fourth-order valence-electron chi connectivity index (χ4n) is 3.02. The number of carbonyl (C=O) groups excluding carboxylic acids is 1. The van der Waals surface area contributed by atoms with Crippen LogP contribution in [0.4, 0.5) is 10.8 Å². The van der Waals surface area contributed by atoms with Crippen LogP contribution in [-0.4, -0.2) is 50.0 Å². The molecule has 31 heavy (non-hydrogen) atoms. The van der Waals surface area contributed by atoms with E-state index in [2.05, 4.69) is 10.3 Å². The molecule has 1 N–H and O–H groups in total. The molecule has 0 saturated carbocycles. The van der Waals surface area contributed by atoms with Gasteiger partial charge < -0.3 is 14.8 Å². The number of hydrogen-bond acceptors (Lipinski definition) is 8. The van der Waals surface area contributed by atoms with Gasteiger partial charge in [-0.2, -0.15) is 4.31 Å². The third-order valence-corrected chi connectivity index (χ3v) is 7.31. The second kappa shape index (κ2) is 9.56. The molecule has 1 aliphatic heterocycles. The zero-order valence-electron chi connectivity index (χ0n) is 16.6. The van der Waals surface area contributed by atoms with E-state index in [-0.39, 0.29) is 17.1 Å². The summed E-state index contributed by atoms with van der Waals surface area (Å²) in [5, 5.41) is 5.68. The molecule has 1 saturated heterocycles. The number of benzene rings is 2. The van der Waals surface area contributed by atoms with E-state index < -0.39 is 16.0 Å². The highest BCUT2D eigenvalue weighted by molar-refractivity contribution is 7.89. The molecule has 0 radical (unpaired) electrons. The first-order valence-corrected chi connectivity index (χ1v) is 12.0. The number of nitrogens with one attached hydrogen (secondary N) is 1. The third-order valence-electron chi connectivity index (χ3n) is 4.61. The zero-order chi connectivity index (χ0) is 21.7. The molecule has 1 fully saturated rings. The third kappa shape index (κ3) is 5.28. The molecule has 0 bridgehead atoms. The predicted molar refractivity (Wildman–Crippen MR) is 117 cm³/mol. The first-order chi connectivity index (χ1) is 15.0. The summed E-state index contributed by atoms with van der Waals surface area (Å²) in [7, 11) is -3.68. The minimum atomic E-state index is -3.68. The Balaban J connectivity index is 1.39. The van der Waals surface area contributed by atoms with Crippen molar-refractivity contribution in [2.45, 2.75) is 11.5 Å². The number of thiazole rings is 1. The van der Waals surface area contributed by atoms with Gasteiger partial charge in [-0.25, -0.2) is 18.2 Å². The average molecular weight is 460 g/mol. The minimum Gasteiger partial charge on any atom is -0.456 e. The highest BCUT2D eigenvalue weighted by Crippen LogP contribution is 2.22. The van der Waals surface area contributed by atoms with Crippen LogP contribution in [0.5, 0.6) is 0 Å². The van der Waals surface area contributed by atoms with Gasteiger partial charge in [-0.3, -0.25) is 0 Å². The van der Waals surface area contributed by atoms with Gasteiger partial charge in [-0.15, -0.1) is 11.3 Å². The Morgan fingerprint density at radius 1 is 1.13 bits per heavy atom. The quantitative estimate of drug-likeness (QED) is 0.542. The van der Waals surface area contributed by atoms with Gasteiger partial charge >= 0.3 is 5.97 Å². The molecule has 1 aromatic heterocycles. The summed E-state index contributed by atoms with van der Waals surface area (Å²) >= 11 is 1.40. The lowest BCUT2D eigenvalue weighted by atomic mass is 10.2. The van der Waals surface area contributed by atoms with E-state index in [0.29, 0.717) is 37.1 Å². The van der Waals surface area contributed by atoms with Crippen molar-refractivity contribution in [3.63, 3.8) is 0 Å². The Morgan fingerprint density at radius 2 is 1.90 bits per heavy atom. The van der Waals surface area contributed by atoms with Gasteiger partial charge in [-0.1, -0.05) is 24.3 Å². The van der Waals surface area contributed by atoms with Crippen molar-refractivity contribution < 1.29 is 22.7 Å². The lowest BCUT2D eigenvalue weighted by Crippen LogP contribution is -2.40. The lowest BCUT2D eigenvalue weighted by Gasteiger charge is -2.26. The topological polar surface area (TPSA) is 97.8 Å². The van der Waals surface area contributed by atoms with Gasteiger partial charge in [0, 0.05) is 24.2 Å². The maximum atomic E-state index is 12.8. The van der Waals surface area contributed by atoms with Crippen LogP contribution in [0.25, 0.3) is 0 Å². The van der Waals surface area contributed by atoms with Gasteiger partial charge in [0.15, 0.2) is 5.13 Å². The van der Waals surface area contributed by atoms with Gasteiger partial charge in [0.05, 0.1) is 29.4 Å². The normalized spacial score (nSPS) is 14.8. The van der Waals surface area contributed by atoms with E-state index >= 15 is 0 Å². The maximum Gasteiger partial charge on any atom is 0.338 e. The van der Waals surface area contributed by atoms with Crippen LogP contribution in [0.2, 0.25) is 0 Å². The maximum absolute atomic E-state index is 12.8. The first kappa shape index (κ1) is 21.4. The molecule has 10 heteroatoms. The predicted octanol–water partition coefficient (Wildman–Crippen LogP) is 3.26. The molecule has 8 nitrogen and oxygen atoms in total. The van der Waals surface area contributed by atoms with Crippen molar-refractivity contribution in [3.05, 3.63) is 71.2 Å². The van der Waals surface area contributed by atoms with Crippen LogP contribution in [0.1, 0.15) is 16.1 Å². The molecule has 4 rings (SSSR count). The van der Waals surface area contributed by atoms with Crippen LogP contribution in [-0.2, 0) is 26.1 Å². The number of morpholine rings is 1. The molecule has 2 aromatic carbocycles. The van der Waals surface area contributed by atoms with Crippen LogP contribution in [0.3, 0.4) is 0 Å². The minimum absolute atomic E-state index is 0.00769. The van der Waals surface area contributed by atoms with E-state index in [0.717, 1.165) is 5.69 Å². The standard InChI is InChI=1S/C21H21N3O5S2/c25-20(29-14-18-15-30-21(23-18)22-17-6-2-1-3-7-17)16-5-4-8-19(13-16)31(26,27)24-9-11-28-12-10-24/h1-8,13,15H,9-12,14H2,(H,22,23). The number of para-hydroxylation sites is 1. The molecule has 0 atom stereocenters. The van der Waals surface area contributed by atoms with Crippen LogP contribution >= 0.6 is 11.3 Å². The van der Waals surface area contributed by atoms with Crippen molar-refractivity contribution in [2.24, 2.45) is 0 Å². The summed E-state index contributed by atoms with van der Waals surface area (Å²) in [6.45, 7) is 1.29. The average Bonchev–Trinajstić information content (AvgIpc) is 3.26. The fraction of sp³-hybridized carbons (Fsp3) is 0.238. The van der Waals surface area contributed by atoms with Crippen molar-refractivity contribution in [3.8, 4) is 0 Å². The van der Waals surface area contributed by atoms with Crippen LogP contribution in [0, 0.1) is 0 Å². The van der Waals surface area contributed by atoms with Crippen molar-refractivity contribution in [2.75, 3.05) is 31.6 Å². The molecule has 3 aromatic rings. The van der Waals surface area contributed by atoms with Crippen LogP contribution in [0.15, 0.2) is 64.9 Å². The zero-order valence-corrected chi connectivity index (χ0v) is 18.2. The van der Waals surface area contributed by atoms with E-state index in [1.807, 2.05) is 30.3 Å². The van der Waals surface area contributed by atoms with E-state index in [1.165, 1.54) is 39.9 Å². The summed E-state index contributed by atoms with van der Waals surface area (Å²) in [6.07, 6.45) is 0. The van der Waals surface area contributed by atoms with Crippen molar-refractivity contribution in [1.29, 1.82) is 0 Å². The Kier molecular flexibility index (Phi) is 6.62. The molecule has 0 aliphatic carbocycles. The molecular formula is C21H21N3O5S2. The molecule has 1 aliphatic rings. The van der Waals surface area contributed by atoms with Gasteiger partial charge in [0.25, 0.3) is 0 Å². The second-order valence-electron chi connectivity index (χ2n) is 6.76. The number of sulfonamides is 1. The van der Waals surface area contributed by atoms with E-state index in [9.17, 15) is 13.2 Å². The van der Waals surface area contributed by atoms with Gasteiger partial charge in [-0.05, 0) is 30.3 Å². The summed E-state index contributed by atoms with van der Waals surface area (Å²) in [5.74, 6) is -0.607. The summed E-state index contributed by atoms with van der Waals surface area (Å²) in [6, 6.07) is 15.5. The largest absolute Gasteiger partial charge is 0.456 e. The summed E-state index contributed by atoms with van der Waals surface area (Å²) < 4.78 is 37.5. The Bertz CT molecular complexity index is 1140. The number of carbonyl (C=O) groups is 1.